The van der Waals surface area contributed by atoms with E-state index < -0.39 is 17.6 Å². The van der Waals surface area contributed by atoms with Crippen LogP contribution in [0.1, 0.15) is 48.2 Å². The maximum atomic E-state index is 12.9. The van der Waals surface area contributed by atoms with Crippen LogP contribution in [0.25, 0.3) is 11.3 Å². The number of hydrogen-bond acceptors (Lipinski definition) is 6. The number of piperidine rings is 1. The van der Waals surface area contributed by atoms with Gasteiger partial charge in [-0.15, -0.1) is 0 Å². The fourth-order valence-electron chi connectivity index (χ4n) is 4.92. The molecule has 34 heavy (non-hydrogen) atoms. The molecule has 3 aliphatic heterocycles. The summed E-state index contributed by atoms with van der Waals surface area (Å²) in [5.41, 5.74) is 3.09. The van der Waals surface area contributed by atoms with Gasteiger partial charge in [-0.1, -0.05) is 17.7 Å². The summed E-state index contributed by atoms with van der Waals surface area (Å²) in [6.07, 6.45) is 2.29. The second-order valence-electron chi connectivity index (χ2n) is 9.95. The second-order valence-corrected chi connectivity index (χ2v) is 10.3. The Balaban J connectivity index is 1.34. The number of aliphatic hydroxyl groups is 1. The van der Waals surface area contributed by atoms with Crippen molar-refractivity contribution in [2.75, 3.05) is 13.1 Å². The number of aromatic nitrogens is 1. The number of fused-ring (bicyclic) bond motifs is 1. The molecule has 0 bridgehead atoms. The number of carbonyl (C=O) groups is 3. The standard InChI is InChI=1S/C25H27ClN4O4/c1-25(2,34)17-12-29(13-17)10-15-7-8-27-22(21(15)26)14-3-4-18-16(9-14)11-30(24(18)33)19-5-6-20(31)28-23(19)32/h3-4,7-9,17,19,34H,5-6,10-13H2,1-2H3,(H,28,31,32). The molecular formula is C25H27ClN4O4. The number of imide groups is 1. The zero-order chi connectivity index (χ0) is 24.2. The van der Waals surface area contributed by atoms with Crippen LogP contribution >= 0.6 is 11.6 Å². The number of carbonyl (C=O) groups excluding carboxylic acids is 3. The number of nitrogens with one attached hydrogen (secondary N) is 1. The molecule has 3 amide bonds. The fraction of sp³-hybridized carbons (Fsp3) is 0.440. The Hall–Kier alpha value is -2.81. The van der Waals surface area contributed by atoms with Crippen LogP contribution in [0.3, 0.4) is 0 Å². The molecular weight excluding hydrogens is 456 g/mol. The fourth-order valence-corrected chi connectivity index (χ4v) is 5.20. The lowest BCUT2D eigenvalue weighted by atomic mass is 9.84. The smallest absolute Gasteiger partial charge is 0.255 e. The Bertz CT molecular complexity index is 1190. The minimum atomic E-state index is -0.687. The third-order valence-electron chi connectivity index (χ3n) is 7.12. The maximum absolute atomic E-state index is 12.9. The summed E-state index contributed by atoms with van der Waals surface area (Å²) in [6, 6.07) is 6.76. The molecule has 2 fully saturated rings. The van der Waals surface area contributed by atoms with Gasteiger partial charge < -0.3 is 10.0 Å². The number of hydrogen-bond donors (Lipinski definition) is 2. The molecule has 1 unspecified atom stereocenters. The number of pyridine rings is 1. The van der Waals surface area contributed by atoms with Gasteiger partial charge in [0.25, 0.3) is 5.91 Å². The van der Waals surface area contributed by atoms with Gasteiger partial charge >= 0.3 is 0 Å². The van der Waals surface area contributed by atoms with E-state index in [1.165, 1.54) is 4.90 Å². The van der Waals surface area contributed by atoms with Crippen LogP contribution in [0.15, 0.2) is 30.5 Å². The highest BCUT2D eigenvalue weighted by atomic mass is 35.5. The van der Waals surface area contributed by atoms with Crippen molar-refractivity contribution in [2.24, 2.45) is 5.92 Å². The largest absolute Gasteiger partial charge is 0.390 e. The summed E-state index contributed by atoms with van der Waals surface area (Å²) < 4.78 is 0. The molecule has 4 heterocycles. The second kappa shape index (κ2) is 8.45. The highest BCUT2D eigenvalue weighted by Crippen LogP contribution is 2.35. The first-order valence-corrected chi connectivity index (χ1v) is 11.9. The number of likely N-dealkylation sites (tertiary alicyclic amines) is 1. The van der Waals surface area contributed by atoms with Crippen LogP contribution < -0.4 is 5.32 Å². The van der Waals surface area contributed by atoms with E-state index in [4.69, 9.17) is 11.6 Å². The van der Waals surface area contributed by atoms with E-state index >= 15 is 0 Å². The van der Waals surface area contributed by atoms with E-state index in [1.54, 1.807) is 12.3 Å². The van der Waals surface area contributed by atoms with Gasteiger partial charge in [0.2, 0.25) is 11.8 Å². The van der Waals surface area contributed by atoms with Crippen LogP contribution in [0, 0.1) is 5.92 Å². The van der Waals surface area contributed by atoms with Gasteiger partial charge in [0, 0.05) is 55.8 Å². The van der Waals surface area contributed by atoms with Crippen molar-refractivity contribution in [2.45, 2.75) is 51.4 Å². The molecule has 0 spiro atoms. The number of halogens is 1. The van der Waals surface area contributed by atoms with Crippen LogP contribution in [0.2, 0.25) is 5.02 Å². The SMILES string of the molecule is CC(C)(O)C1CN(Cc2ccnc(-c3ccc4c(c3)CN(C3CCC(=O)NC3=O)C4=O)c2Cl)C1. The molecule has 178 valence electrons. The van der Waals surface area contributed by atoms with Gasteiger partial charge in [0.1, 0.15) is 6.04 Å². The van der Waals surface area contributed by atoms with Crippen LogP contribution in [0.5, 0.6) is 0 Å². The molecule has 5 rings (SSSR count). The van der Waals surface area contributed by atoms with E-state index in [1.807, 2.05) is 32.0 Å². The predicted molar refractivity (Wildman–Crippen MR) is 126 cm³/mol. The van der Waals surface area contributed by atoms with Gasteiger partial charge in [0.05, 0.1) is 16.3 Å². The topological polar surface area (TPSA) is 103 Å². The molecule has 2 aromatic rings. The van der Waals surface area contributed by atoms with Gasteiger partial charge in [-0.05, 0) is 49.6 Å². The maximum Gasteiger partial charge on any atom is 0.255 e. The molecule has 1 aromatic heterocycles. The summed E-state index contributed by atoms with van der Waals surface area (Å²) in [7, 11) is 0. The zero-order valence-electron chi connectivity index (χ0n) is 19.2. The molecule has 9 heteroatoms. The summed E-state index contributed by atoms with van der Waals surface area (Å²) >= 11 is 6.76. The van der Waals surface area contributed by atoms with Gasteiger partial charge in [-0.25, -0.2) is 0 Å². The first kappa shape index (κ1) is 23.0. The highest BCUT2D eigenvalue weighted by Gasteiger charge is 2.39. The summed E-state index contributed by atoms with van der Waals surface area (Å²) in [6.45, 7) is 6.29. The van der Waals surface area contributed by atoms with Gasteiger partial charge in [0.15, 0.2) is 0 Å². The van der Waals surface area contributed by atoms with Crippen molar-refractivity contribution < 1.29 is 19.5 Å². The van der Waals surface area contributed by atoms with E-state index in [0.29, 0.717) is 35.8 Å². The summed E-state index contributed by atoms with van der Waals surface area (Å²) in [5, 5.41) is 13.1. The number of rotatable bonds is 5. The van der Waals surface area contributed by atoms with E-state index in [0.717, 1.165) is 29.8 Å². The molecule has 1 atom stereocenters. The summed E-state index contributed by atoms with van der Waals surface area (Å²) in [5.74, 6) is -0.688. The predicted octanol–water partition coefficient (Wildman–Crippen LogP) is 2.37. The Labute approximate surface area is 202 Å². The van der Waals surface area contributed by atoms with Crippen molar-refractivity contribution >= 4 is 29.3 Å². The van der Waals surface area contributed by atoms with Crippen molar-refractivity contribution in [3.63, 3.8) is 0 Å². The quantitative estimate of drug-likeness (QED) is 0.634. The molecule has 2 saturated heterocycles. The van der Waals surface area contributed by atoms with E-state index in [2.05, 4.69) is 15.2 Å². The number of nitrogens with zero attached hydrogens (tertiary/aromatic N) is 3. The number of amides is 3. The Morgan fingerprint density at radius 2 is 1.97 bits per heavy atom. The lowest BCUT2D eigenvalue weighted by Gasteiger charge is -2.45. The Morgan fingerprint density at radius 3 is 2.68 bits per heavy atom. The first-order chi connectivity index (χ1) is 16.1. The van der Waals surface area contributed by atoms with Crippen LogP contribution in [0.4, 0.5) is 0 Å². The lowest BCUT2D eigenvalue weighted by molar-refractivity contribution is -0.136. The Morgan fingerprint density at radius 1 is 1.21 bits per heavy atom. The van der Waals surface area contributed by atoms with Gasteiger partial charge in [-0.2, -0.15) is 0 Å². The molecule has 2 N–H and O–H groups in total. The minimum Gasteiger partial charge on any atom is -0.390 e. The molecule has 0 radical (unpaired) electrons. The average Bonchev–Trinajstić information content (AvgIpc) is 3.06. The summed E-state index contributed by atoms with van der Waals surface area (Å²) in [4.78, 5) is 45.0. The molecule has 0 saturated carbocycles. The van der Waals surface area contributed by atoms with Gasteiger partial charge in [-0.3, -0.25) is 29.6 Å². The average molecular weight is 483 g/mol. The molecule has 0 aliphatic carbocycles. The van der Waals surface area contributed by atoms with Crippen LogP contribution in [-0.2, 0) is 22.7 Å². The molecule has 3 aliphatic rings. The van der Waals surface area contributed by atoms with Crippen molar-refractivity contribution in [3.05, 3.63) is 52.2 Å². The monoisotopic (exact) mass is 482 g/mol. The van der Waals surface area contributed by atoms with E-state index in [-0.39, 0.29) is 24.2 Å². The number of benzene rings is 1. The third kappa shape index (κ3) is 4.10. The van der Waals surface area contributed by atoms with Crippen molar-refractivity contribution in [1.82, 2.24) is 20.1 Å². The van der Waals surface area contributed by atoms with E-state index in [9.17, 15) is 19.5 Å². The minimum absolute atomic E-state index is 0.206. The van der Waals surface area contributed by atoms with Crippen LogP contribution in [-0.4, -0.2) is 62.3 Å². The zero-order valence-corrected chi connectivity index (χ0v) is 19.9. The highest BCUT2D eigenvalue weighted by molar-refractivity contribution is 6.33. The molecule has 8 nitrogen and oxygen atoms in total. The Kier molecular flexibility index (Phi) is 5.70. The van der Waals surface area contributed by atoms with Crippen molar-refractivity contribution in [3.8, 4) is 11.3 Å². The van der Waals surface area contributed by atoms with Crippen molar-refractivity contribution in [1.29, 1.82) is 0 Å². The lowest BCUT2D eigenvalue weighted by Crippen LogP contribution is -2.55. The third-order valence-corrected chi connectivity index (χ3v) is 7.54. The first-order valence-electron chi connectivity index (χ1n) is 11.5. The molecule has 1 aromatic carbocycles. The normalized spacial score (nSPS) is 21.5.